The summed E-state index contributed by atoms with van der Waals surface area (Å²) in [7, 11) is 0. The molecule has 3 aromatic rings. The minimum Gasteiger partial charge on any atom is -0.494 e. The maximum absolute atomic E-state index is 11.8. The van der Waals surface area contributed by atoms with Crippen LogP contribution in [-0.2, 0) is 0 Å². The molecule has 0 fully saturated rings. The summed E-state index contributed by atoms with van der Waals surface area (Å²) in [5.41, 5.74) is 4.47. The van der Waals surface area contributed by atoms with Crippen molar-refractivity contribution in [3.05, 3.63) is 59.2 Å². The van der Waals surface area contributed by atoms with Crippen molar-refractivity contribution in [2.45, 2.75) is 27.2 Å². The molecule has 0 unspecified atom stereocenters. The van der Waals surface area contributed by atoms with Gasteiger partial charge in [0.25, 0.3) is 0 Å². The Morgan fingerprint density at radius 3 is 2.68 bits per heavy atom. The highest BCUT2D eigenvalue weighted by Crippen LogP contribution is 2.29. The van der Waals surface area contributed by atoms with Crippen LogP contribution in [0.2, 0.25) is 0 Å². The van der Waals surface area contributed by atoms with E-state index < -0.39 is 5.97 Å². The van der Waals surface area contributed by atoms with Crippen molar-refractivity contribution in [2.75, 3.05) is 6.61 Å². The average Bonchev–Trinajstić information content (AvgIpc) is 2.59. The number of carbonyl (C=O) groups is 1. The van der Waals surface area contributed by atoms with Gasteiger partial charge in [-0.25, -0.2) is 9.78 Å². The molecule has 2 aromatic carbocycles. The van der Waals surface area contributed by atoms with Gasteiger partial charge in [0.1, 0.15) is 5.75 Å². The van der Waals surface area contributed by atoms with Crippen LogP contribution in [0.1, 0.15) is 34.8 Å². The van der Waals surface area contributed by atoms with E-state index in [0.717, 1.165) is 34.4 Å². The van der Waals surface area contributed by atoms with Gasteiger partial charge in [0.2, 0.25) is 0 Å². The highest BCUT2D eigenvalue weighted by molar-refractivity contribution is 6.04. The summed E-state index contributed by atoms with van der Waals surface area (Å²) in [5, 5.41) is 10.3. The van der Waals surface area contributed by atoms with Crippen LogP contribution in [0.4, 0.5) is 0 Å². The molecule has 1 aromatic heterocycles. The van der Waals surface area contributed by atoms with E-state index in [1.807, 2.05) is 50.2 Å². The van der Waals surface area contributed by atoms with Gasteiger partial charge in [0, 0.05) is 10.9 Å². The van der Waals surface area contributed by atoms with Gasteiger partial charge in [-0.2, -0.15) is 0 Å². The molecular weight excluding hydrogens is 314 g/mol. The lowest BCUT2D eigenvalue weighted by atomic mass is 10.00. The monoisotopic (exact) mass is 335 g/mol. The summed E-state index contributed by atoms with van der Waals surface area (Å²) < 4.78 is 5.68. The van der Waals surface area contributed by atoms with Gasteiger partial charge in [-0.1, -0.05) is 30.7 Å². The predicted molar refractivity (Wildman–Crippen MR) is 99.4 cm³/mol. The van der Waals surface area contributed by atoms with Crippen molar-refractivity contribution in [3.63, 3.8) is 0 Å². The van der Waals surface area contributed by atoms with Crippen molar-refractivity contribution in [1.82, 2.24) is 4.98 Å². The maximum atomic E-state index is 11.8. The SMILES string of the molecule is CCCOc1cccc(-c2cc(C(=O)O)c3cc(C)cc(C)c3n2)c1. The Morgan fingerprint density at radius 1 is 1.16 bits per heavy atom. The van der Waals surface area contributed by atoms with E-state index in [9.17, 15) is 9.90 Å². The third-order valence-electron chi connectivity index (χ3n) is 4.08. The van der Waals surface area contributed by atoms with Crippen LogP contribution >= 0.6 is 0 Å². The molecule has 0 aliphatic heterocycles. The predicted octanol–water partition coefficient (Wildman–Crippen LogP) is 5.01. The number of nitrogens with zero attached hydrogens (tertiary/aromatic N) is 1. The van der Waals surface area contributed by atoms with Crippen molar-refractivity contribution in [1.29, 1.82) is 0 Å². The summed E-state index contributed by atoms with van der Waals surface area (Å²) in [4.78, 5) is 16.5. The Labute approximate surface area is 147 Å². The number of aryl methyl sites for hydroxylation is 2. The standard InChI is InChI=1S/C21H21NO3/c1-4-8-25-16-7-5-6-15(11-16)19-12-18(21(23)24)17-10-13(2)9-14(3)20(17)22-19/h5-7,9-12H,4,8H2,1-3H3,(H,23,24). The molecule has 0 aliphatic rings. The summed E-state index contributed by atoms with van der Waals surface area (Å²) >= 11 is 0. The lowest BCUT2D eigenvalue weighted by molar-refractivity contribution is 0.0699. The first-order chi connectivity index (χ1) is 12.0. The van der Waals surface area contributed by atoms with Gasteiger partial charge in [0.15, 0.2) is 0 Å². The van der Waals surface area contributed by atoms with Crippen LogP contribution in [0.25, 0.3) is 22.2 Å². The van der Waals surface area contributed by atoms with E-state index in [0.29, 0.717) is 17.7 Å². The van der Waals surface area contributed by atoms with Crippen molar-refractivity contribution < 1.29 is 14.6 Å². The van der Waals surface area contributed by atoms with Crippen LogP contribution in [0.3, 0.4) is 0 Å². The summed E-state index contributed by atoms with van der Waals surface area (Å²) in [6.45, 7) is 6.62. The van der Waals surface area contributed by atoms with Crippen LogP contribution in [0, 0.1) is 13.8 Å². The van der Waals surface area contributed by atoms with E-state index in [1.54, 1.807) is 6.07 Å². The summed E-state index contributed by atoms with van der Waals surface area (Å²) in [6, 6.07) is 13.2. The lowest BCUT2D eigenvalue weighted by Crippen LogP contribution is -2.02. The number of ether oxygens (including phenoxy) is 1. The molecular formula is C21H21NO3. The molecule has 0 saturated carbocycles. The smallest absolute Gasteiger partial charge is 0.336 e. The van der Waals surface area contributed by atoms with E-state index in [2.05, 4.69) is 6.92 Å². The van der Waals surface area contributed by atoms with Crippen LogP contribution in [-0.4, -0.2) is 22.7 Å². The Hall–Kier alpha value is -2.88. The third-order valence-corrected chi connectivity index (χ3v) is 4.08. The number of pyridine rings is 1. The topological polar surface area (TPSA) is 59.4 Å². The first-order valence-corrected chi connectivity index (χ1v) is 8.38. The molecule has 3 rings (SSSR count). The summed E-state index contributed by atoms with van der Waals surface area (Å²) in [5.74, 6) is -0.184. The Kier molecular flexibility index (Phi) is 4.70. The van der Waals surface area contributed by atoms with Gasteiger partial charge in [-0.3, -0.25) is 0 Å². The van der Waals surface area contributed by atoms with E-state index in [-0.39, 0.29) is 5.56 Å². The second-order valence-corrected chi connectivity index (χ2v) is 6.21. The molecule has 1 heterocycles. The number of fused-ring (bicyclic) bond motifs is 1. The zero-order valence-corrected chi connectivity index (χ0v) is 14.7. The van der Waals surface area contributed by atoms with Gasteiger partial charge < -0.3 is 9.84 Å². The first kappa shape index (κ1) is 17.0. The normalized spacial score (nSPS) is 10.8. The highest BCUT2D eigenvalue weighted by Gasteiger charge is 2.15. The zero-order chi connectivity index (χ0) is 18.0. The lowest BCUT2D eigenvalue weighted by Gasteiger charge is -2.11. The van der Waals surface area contributed by atoms with Crippen molar-refractivity contribution >= 4 is 16.9 Å². The van der Waals surface area contributed by atoms with E-state index >= 15 is 0 Å². The molecule has 128 valence electrons. The molecule has 1 N–H and O–H groups in total. The molecule has 0 aliphatic carbocycles. The number of aromatic nitrogens is 1. The minimum atomic E-state index is -0.947. The molecule has 4 nitrogen and oxygen atoms in total. The van der Waals surface area contributed by atoms with Crippen molar-refractivity contribution in [2.24, 2.45) is 0 Å². The van der Waals surface area contributed by atoms with Gasteiger partial charge in [-0.05, 0) is 50.1 Å². The molecule has 0 radical (unpaired) electrons. The number of benzene rings is 2. The number of carboxylic acids is 1. The quantitative estimate of drug-likeness (QED) is 0.712. The molecule has 0 spiro atoms. The molecule has 4 heteroatoms. The fourth-order valence-electron chi connectivity index (χ4n) is 2.97. The second kappa shape index (κ2) is 6.93. The number of hydrogen-bond donors (Lipinski definition) is 1. The second-order valence-electron chi connectivity index (χ2n) is 6.21. The molecule has 0 atom stereocenters. The van der Waals surface area contributed by atoms with E-state index in [4.69, 9.17) is 9.72 Å². The number of rotatable bonds is 5. The average molecular weight is 335 g/mol. The highest BCUT2D eigenvalue weighted by atomic mass is 16.5. The fraction of sp³-hybridized carbons (Fsp3) is 0.238. The van der Waals surface area contributed by atoms with Gasteiger partial charge >= 0.3 is 5.97 Å². The molecule has 0 bridgehead atoms. The Balaban J connectivity index is 2.19. The number of hydrogen-bond acceptors (Lipinski definition) is 3. The van der Waals surface area contributed by atoms with E-state index in [1.165, 1.54) is 0 Å². The van der Waals surface area contributed by atoms with Crippen LogP contribution in [0.5, 0.6) is 5.75 Å². The van der Waals surface area contributed by atoms with Crippen LogP contribution < -0.4 is 4.74 Å². The first-order valence-electron chi connectivity index (χ1n) is 8.38. The minimum absolute atomic E-state index is 0.270. The Bertz CT molecular complexity index is 947. The number of carboxylic acid groups (broad SMARTS) is 1. The third kappa shape index (κ3) is 3.48. The molecule has 25 heavy (non-hydrogen) atoms. The Morgan fingerprint density at radius 2 is 1.96 bits per heavy atom. The molecule has 0 saturated heterocycles. The zero-order valence-electron chi connectivity index (χ0n) is 14.7. The van der Waals surface area contributed by atoms with Gasteiger partial charge in [-0.15, -0.1) is 0 Å². The molecule has 0 amide bonds. The summed E-state index contributed by atoms with van der Waals surface area (Å²) in [6.07, 6.45) is 0.931. The van der Waals surface area contributed by atoms with Crippen molar-refractivity contribution in [3.8, 4) is 17.0 Å². The fourth-order valence-corrected chi connectivity index (χ4v) is 2.97. The maximum Gasteiger partial charge on any atom is 0.336 e. The largest absolute Gasteiger partial charge is 0.494 e. The number of aromatic carboxylic acids is 1. The van der Waals surface area contributed by atoms with Gasteiger partial charge in [0.05, 0.1) is 23.4 Å². The van der Waals surface area contributed by atoms with Crippen LogP contribution in [0.15, 0.2) is 42.5 Å².